The van der Waals surface area contributed by atoms with Gasteiger partial charge in [-0.1, -0.05) is 30.3 Å². The summed E-state index contributed by atoms with van der Waals surface area (Å²) in [5.41, 5.74) is 1.74. The zero-order valence-electron chi connectivity index (χ0n) is 16.4. The first kappa shape index (κ1) is 19.9. The molecule has 0 spiro atoms. The third-order valence-corrected chi connectivity index (χ3v) is 7.43. The molecule has 2 aromatic rings. The van der Waals surface area contributed by atoms with E-state index in [1.165, 1.54) is 0 Å². The van der Waals surface area contributed by atoms with Crippen molar-refractivity contribution >= 4 is 15.7 Å². The van der Waals surface area contributed by atoms with E-state index in [1.54, 1.807) is 12.1 Å². The van der Waals surface area contributed by atoms with E-state index >= 15 is 0 Å². The Labute approximate surface area is 172 Å². The Hall–Kier alpha value is -2.38. The molecule has 2 fully saturated rings. The molecule has 0 saturated carbocycles. The van der Waals surface area contributed by atoms with Crippen LogP contribution in [0.5, 0.6) is 5.75 Å². The standard InChI is InChI=1S/C22H26N2O4S/c25-22(24-13-11-23(12-14-24)20-10-15-29(26,27)17-20)19-6-8-21(9-7-19)28-16-18-4-2-1-3-5-18/h1-9,20H,10-17H2/t20-/m1/s1. The fourth-order valence-electron chi connectivity index (χ4n) is 3.97. The summed E-state index contributed by atoms with van der Waals surface area (Å²) in [6, 6.07) is 17.3. The molecule has 2 aromatic carbocycles. The predicted molar refractivity (Wildman–Crippen MR) is 112 cm³/mol. The molecule has 1 atom stereocenters. The van der Waals surface area contributed by atoms with Gasteiger partial charge in [-0.15, -0.1) is 0 Å². The predicted octanol–water partition coefficient (Wildman–Crippen LogP) is 2.21. The number of ether oxygens (including phenoxy) is 1. The maximum absolute atomic E-state index is 12.8. The van der Waals surface area contributed by atoms with Crippen molar-refractivity contribution in [2.24, 2.45) is 0 Å². The van der Waals surface area contributed by atoms with Gasteiger partial charge in [0.05, 0.1) is 11.5 Å². The third kappa shape index (κ3) is 4.97. The number of amides is 1. The highest BCUT2D eigenvalue weighted by molar-refractivity contribution is 7.91. The lowest BCUT2D eigenvalue weighted by Gasteiger charge is -2.37. The number of benzene rings is 2. The lowest BCUT2D eigenvalue weighted by Crippen LogP contribution is -2.52. The molecule has 29 heavy (non-hydrogen) atoms. The van der Waals surface area contributed by atoms with Crippen molar-refractivity contribution in [2.75, 3.05) is 37.7 Å². The molecule has 2 saturated heterocycles. The fourth-order valence-corrected chi connectivity index (χ4v) is 5.73. The minimum Gasteiger partial charge on any atom is -0.489 e. The van der Waals surface area contributed by atoms with E-state index in [4.69, 9.17) is 4.74 Å². The summed E-state index contributed by atoms with van der Waals surface area (Å²) in [6.07, 6.45) is 0.709. The Morgan fingerprint density at radius 3 is 2.28 bits per heavy atom. The zero-order chi connectivity index (χ0) is 20.3. The smallest absolute Gasteiger partial charge is 0.253 e. The fraction of sp³-hybridized carbons (Fsp3) is 0.409. The summed E-state index contributed by atoms with van der Waals surface area (Å²) in [6.45, 7) is 3.20. The zero-order valence-corrected chi connectivity index (χ0v) is 17.2. The van der Waals surface area contributed by atoms with Crippen molar-refractivity contribution in [3.05, 3.63) is 65.7 Å². The number of carbonyl (C=O) groups excluding carboxylic acids is 1. The van der Waals surface area contributed by atoms with Crippen molar-refractivity contribution < 1.29 is 17.9 Å². The summed E-state index contributed by atoms with van der Waals surface area (Å²) in [4.78, 5) is 16.9. The summed E-state index contributed by atoms with van der Waals surface area (Å²) < 4.78 is 29.2. The van der Waals surface area contributed by atoms with Gasteiger partial charge in [0.15, 0.2) is 9.84 Å². The average molecular weight is 415 g/mol. The number of carbonyl (C=O) groups is 1. The van der Waals surface area contributed by atoms with E-state index in [-0.39, 0.29) is 23.5 Å². The van der Waals surface area contributed by atoms with Crippen LogP contribution in [-0.2, 0) is 16.4 Å². The normalized spacial score (nSPS) is 21.8. The van der Waals surface area contributed by atoms with E-state index in [9.17, 15) is 13.2 Å². The monoisotopic (exact) mass is 414 g/mol. The summed E-state index contributed by atoms with van der Waals surface area (Å²) in [5.74, 6) is 1.29. The van der Waals surface area contributed by atoms with Crippen LogP contribution in [0.15, 0.2) is 54.6 Å². The molecule has 2 aliphatic rings. The molecule has 0 unspecified atom stereocenters. The molecule has 7 heteroatoms. The second kappa shape index (κ2) is 8.55. The third-order valence-electron chi connectivity index (χ3n) is 5.68. The molecule has 6 nitrogen and oxygen atoms in total. The van der Waals surface area contributed by atoms with Gasteiger partial charge in [0.2, 0.25) is 0 Å². The van der Waals surface area contributed by atoms with Crippen LogP contribution in [0.25, 0.3) is 0 Å². The van der Waals surface area contributed by atoms with Crippen LogP contribution in [0.4, 0.5) is 0 Å². The van der Waals surface area contributed by atoms with E-state index < -0.39 is 9.84 Å². The van der Waals surface area contributed by atoms with Gasteiger partial charge < -0.3 is 9.64 Å². The number of rotatable bonds is 5. The van der Waals surface area contributed by atoms with Crippen LogP contribution in [0, 0.1) is 0 Å². The maximum Gasteiger partial charge on any atom is 0.253 e. The van der Waals surface area contributed by atoms with E-state index in [0.29, 0.717) is 31.7 Å². The molecule has 0 N–H and O–H groups in total. The van der Waals surface area contributed by atoms with Crippen molar-refractivity contribution in [1.82, 2.24) is 9.80 Å². The lowest BCUT2D eigenvalue weighted by molar-refractivity contribution is 0.0588. The van der Waals surface area contributed by atoms with Crippen molar-refractivity contribution in [2.45, 2.75) is 19.1 Å². The Kier molecular flexibility index (Phi) is 5.87. The second-order valence-corrected chi connectivity index (χ2v) is 9.91. The quantitative estimate of drug-likeness (QED) is 0.751. The molecule has 0 aliphatic carbocycles. The SMILES string of the molecule is O=C(c1ccc(OCc2ccccc2)cc1)N1CCN([C@@H]2CCS(=O)(=O)C2)CC1. The van der Waals surface area contributed by atoms with Crippen LogP contribution >= 0.6 is 0 Å². The van der Waals surface area contributed by atoms with Gasteiger partial charge in [-0.3, -0.25) is 9.69 Å². The molecule has 154 valence electrons. The van der Waals surface area contributed by atoms with Crippen LogP contribution in [0.2, 0.25) is 0 Å². The van der Waals surface area contributed by atoms with Gasteiger partial charge in [-0.25, -0.2) is 8.42 Å². The minimum atomic E-state index is -2.88. The van der Waals surface area contributed by atoms with Crippen LogP contribution in [0.1, 0.15) is 22.3 Å². The highest BCUT2D eigenvalue weighted by Crippen LogP contribution is 2.21. The Morgan fingerprint density at radius 2 is 1.66 bits per heavy atom. The van der Waals surface area contributed by atoms with E-state index in [0.717, 1.165) is 24.4 Å². The average Bonchev–Trinajstić information content (AvgIpc) is 3.13. The maximum atomic E-state index is 12.8. The largest absolute Gasteiger partial charge is 0.489 e. The summed E-state index contributed by atoms with van der Waals surface area (Å²) in [5, 5.41) is 0. The Bertz CT molecular complexity index is 937. The number of sulfone groups is 1. The minimum absolute atomic E-state index is 0.0123. The number of hydrogen-bond donors (Lipinski definition) is 0. The van der Waals surface area contributed by atoms with Crippen molar-refractivity contribution in [3.63, 3.8) is 0 Å². The molecule has 1 amide bonds. The molecule has 0 bridgehead atoms. The van der Waals surface area contributed by atoms with Gasteiger partial charge in [-0.2, -0.15) is 0 Å². The molecule has 0 aromatic heterocycles. The highest BCUT2D eigenvalue weighted by atomic mass is 32.2. The number of piperazine rings is 1. The molecular formula is C22H26N2O4S. The lowest BCUT2D eigenvalue weighted by atomic mass is 10.1. The second-order valence-electron chi connectivity index (χ2n) is 7.68. The Morgan fingerprint density at radius 1 is 0.966 bits per heavy atom. The highest BCUT2D eigenvalue weighted by Gasteiger charge is 2.34. The van der Waals surface area contributed by atoms with Gasteiger partial charge in [-0.05, 0) is 36.2 Å². The van der Waals surface area contributed by atoms with Gasteiger partial charge in [0.25, 0.3) is 5.91 Å². The van der Waals surface area contributed by atoms with Crippen LogP contribution in [0.3, 0.4) is 0 Å². The van der Waals surface area contributed by atoms with Crippen molar-refractivity contribution in [1.29, 1.82) is 0 Å². The summed E-state index contributed by atoms with van der Waals surface area (Å²) >= 11 is 0. The molecule has 2 heterocycles. The first-order chi connectivity index (χ1) is 14.0. The first-order valence-corrected chi connectivity index (χ1v) is 11.8. The molecular weight excluding hydrogens is 388 g/mol. The number of hydrogen-bond acceptors (Lipinski definition) is 5. The van der Waals surface area contributed by atoms with Gasteiger partial charge in [0.1, 0.15) is 12.4 Å². The summed E-state index contributed by atoms with van der Waals surface area (Å²) in [7, 11) is -2.88. The van der Waals surface area contributed by atoms with Gasteiger partial charge in [0, 0.05) is 37.8 Å². The first-order valence-electron chi connectivity index (χ1n) is 10.0. The molecule has 4 rings (SSSR count). The van der Waals surface area contributed by atoms with Crippen LogP contribution < -0.4 is 4.74 Å². The van der Waals surface area contributed by atoms with Gasteiger partial charge >= 0.3 is 0 Å². The number of nitrogens with zero attached hydrogens (tertiary/aromatic N) is 2. The van der Waals surface area contributed by atoms with E-state index in [1.807, 2.05) is 47.4 Å². The molecule has 0 radical (unpaired) electrons. The van der Waals surface area contributed by atoms with E-state index in [2.05, 4.69) is 4.90 Å². The topological polar surface area (TPSA) is 66.9 Å². The van der Waals surface area contributed by atoms with Crippen LogP contribution in [-0.4, -0.2) is 67.9 Å². The van der Waals surface area contributed by atoms with Crippen molar-refractivity contribution in [3.8, 4) is 5.75 Å². The molecule has 2 aliphatic heterocycles. The Balaban J connectivity index is 1.28.